The lowest BCUT2D eigenvalue weighted by Gasteiger charge is -2.16. The average molecular weight is 342 g/mol. The largest absolute Gasteiger partial charge is 0.391 e. The van der Waals surface area contributed by atoms with Crippen LogP contribution in [0.25, 0.3) is 0 Å². The molecular weight excluding hydrogens is 316 g/mol. The molecule has 1 fully saturated rings. The van der Waals surface area contributed by atoms with Gasteiger partial charge in [-0.05, 0) is 56.7 Å². The number of nitrogens with zero attached hydrogens (tertiary/aromatic N) is 3. The molecule has 6 heteroatoms. The Labute approximate surface area is 148 Å². The third kappa shape index (κ3) is 4.89. The van der Waals surface area contributed by atoms with E-state index < -0.39 is 6.10 Å². The van der Waals surface area contributed by atoms with Gasteiger partial charge < -0.3 is 15.0 Å². The van der Waals surface area contributed by atoms with E-state index in [9.17, 15) is 9.90 Å². The van der Waals surface area contributed by atoms with Gasteiger partial charge in [0.1, 0.15) is 0 Å². The van der Waals surface area contributed by atoms with Gasteiger partial charge >= 0.3 is 0 Å². The predicted octanol–water partition coefficient (Wildman–Crippen LogP) is 1.78. The Morgan fingerprint density at radius 3 is 2.76 bits per heavy atom. The summed E-state index contributed by atoms with van der Waals surface area (Å²) in [7, 11) is 0. The molecule has 2 heterocycles. The van der Waals surface area contributed by atoms with Crippen LogP contribution in [0.2, 0.25) is 0 Å². The van der Waals surface area contributed by atoms with E-state index in [1.807, 2.05) is 36.7 Å². The van der Waals surface area contributed by atoms with E-state index in [2.05, 4.69) is 15.3 Å². The summed E-state index contributed by atoms with van der Waals surface area (Å²) < 4.78 is 2.02. The summed E-state index contributed by atoms with van der Waals surface area (Å²) in [5, 5.41) is 13.3. The summed E-state index contributed by atoms with van der Waals surface area (Å²) >= 11 is 0. The molecule has 0 radical (unpaired) electrons. The number of aryl methyl sites for hydroxylation is 3. The van der Waals surface area contributed by atoms with Gasteiger partial charge in [-0.2, -0.15) is 0 Å². The van der Waals surface area contributed by atoms with Crippen molar-refractivity contribution in [1.29, 1.82) is 0 Å². The molecule has 2 aromatic heterocycles. The number of aliphatic hydroxyl groups is 1. The Balaban J connectivity index is 1.47. The second-order valence-electron chi connectivity index (χ2n) is 7.10. The second-order valence-corrected chi connectivity index (χ2v) is 7.10. The van der Waals surface area contributed by atoms with Gasteiger partial charge in [-0.1, -0.05) is 0 Å². The zero-order chi connectivity index (χ0) is 17.8. The predicted molar refractivity (Wildman–Crippen MR) is 94.9 cm³/mol. The zero-order valence-electron chi connectivity index (χ0n) is 14.9. The van der Waals surface area contributed by atoms with Crippen molar-refractivity contribution in [1.82, 2.24) is 19.9 Å². The number of aromatic nitrogens is 3. The number of rotatable bonds is 6. The molecular formula is C19H26N4O2. The smallest absolute Gasteiger partial charge is 0.220 e. The van der Waals surface area contributed by atoms with Gasteiger partial charge in [0, 0.05) is 36.7 Å². The van der Waals surface area contributed by atoms with Crippen molar-refractivity contribution in [3.8, 4) is 0 Å². The molecule has 1 aliphatic carbocycles. The molecule has 0 saturated heterocycles. The standard InChI is InChI=1S/C19H26N4O2/c1-13-7-15(8-14(2)21-13)3-4-19(25)22-17-9-16(10-18(17)24)11-23-6-5-20-12-23/h5-8,12,16-18,24H,3-4,9-11H2,1-2H3,(H,22,25)/t16?,17-,18-/m1/s1. The van der Waals surface area contributed by atoms with Crippen LogP contribution in [0.5, 0.6) is 0 Å². The minimum atomic E-state index is -0.470. The second kappa shape index (κ2) is 7.78. The normalized spacial score (nSPS) is 22.9. The van der Waals surface area contributed by atoms with Gasteiger partial charge in [0.25, 0.3) is 0 Å². The topological polar surface area (TPSA) is 80.0 Å². The fraction of sp³-hybridized carbons (Fsp3) is 0.526. The van der Waals surface area contributed by atoms with E-state index in [1.54, 1.807) is 12.5 Å². The fourth-order valence-corrected chi connectivity index (χ4v) is 3.72. The molecule has 3 rings (SSSR count). The maximum absolute atomic E-state index is 12.3. The van der Waals surface area contributed by atoms with Gasteiger partial charge in [-0.25, -0.2) is 4.98 Å². The highest BCUT2D eigenvalue weighted by atomic mass is 16.3. The highest BCUT2D eigenvalue weighted by Crippen LogP contribution is 2.27. The van der Waals surface area contributed by atoms with Gasteiger partial charge in [0.05, 0.1) is 18.5 Å². The molecule has 1 saturated carbocycles. The summed E-state index contributed by atoms with van der Waals surface area (Å²) in [5.74, 6) is 0.361. The Bertz CT molecular complexity index is 694. The van der Waals surface area contributed by atoms with Crippen LogP contribution in [-0.2, 0) is 17.8 Å². The third-order valence-corrected chi connectivity index (χ3v) is 4.78. The Morgan fingerprint density at radius 1 is 1.32 bits per heavy atom. The Hall–Kier alpha value is -2.21. The number of carbonyl (C=O) groups excluding carboxylic acids is 1. The first-order valence-electron chi connectivity index (χ1n) is 8.87. The molecule has 0 aliphatic heterocycles. The Morgan fingerprint density at radius 2 is 2.08 bits per heavy atom. The molecule has 134 valence electrons. The quantitative estimate of drug-likeness (QED) is 0.839. The van der Waals surface area contributed by atoms with E-state index in [0.717, 1.165) is 29.9 Å². The van der Waals surface area contributed by atoms with Crippen LogP contribution in [0, 0.1) is 19.8 Å². The van der Waals surface area contributed by atoms with Gasteiger partial charge in [0.15, 0.2) is 0 Å². The number of carbonyl (C=O) groups is 1. The van der Waals surface area contributed by atoms with Crippen molar-refractivity contribution in [3.63, 3.8) is 0 Å². The fourth-order valence-electron chi connectivity index (χ4n) is 3.72. The molecule has 2 aromatic rings. The molecule has 0 bridgehead atoms. The first-order chi connectivity index (χ1) is 12.0. The van der Waals surface area contributed by atoms with Crippen LogP contribution in [0.4, 0.5) is 0 Å². The molecule has 0 aromatic carbocycles. The highest BCUT2D eigenvalue weighted by molar-refractivity contribution is 5.76. The molecule has 2 N–H and O–H groups in total. The lowest BCUT2D eigenvalue weighted by molar-refractivity contribution is -0.122. The van der Waals surface area contributed by atoms with E-state index in [1.165, 1.54) is 0 Å². The zero-order valence-corrected chi connectivity index (χ0v) is 14.9. The summed E-state index contributed by atoms with van der Waals surface area (Å²) in [6, 6.07) is 3.89. The molecule has 1 amide bonds. The average Bonchev–Trinajstić information content (AvgIpc) is 3.15. The van der Waals surface area contributed by atoms with E-state index in [-0.39, 0.29) is 11.9 Å². The van der Waals surface area contributed by atoms with Crippen LogP contribution in [-0.4, -0.2) is 37.7 Å². The lowest BCUT2D eigenvalue weighted by Crippen LogP contribution is -2.40. The molecule has 1 unspecified atom stereocenters. The van der Waals surface area contributed by atoms with Crippen molar-refractivity contribution in [2.75, 3.05) is 0 Å². The van der Waals surface area contributed by atoms with Gasteiger partial charge in [-0.15, -0.1) is 0 Å². The maximum atomic E-state index is 12.3. The van der Waals surface area contributed by atoms with Crippen molar-refractivity contribution >= 4 is 5.91 Å². The highest BCUT2D eigenvalue weighted by Gasteiger charge is 2.33. The minimum absolute atomic E-state index is 0.000510. The van der Waals surface area contributed by atoms with Gasteiger partial charge in [-0.3, -0.25) is 9.78 Å². The summed E-state index contributed by atoms with van der Waals surface area (Å²) in [6.45, 7) is 4.76. The van der Waals surface area contributed by atoms with Crippen LogP contribution >= 0.6 is 0 Å². The molecule has 3 atom stereocenters. The first-order valence-corrected chi connectivity index (χ1v) is 8.87. The van der Waals surface area contributed by atoms with E-state index in [0.29, 0.717) is 25.2 Å². The number of nitrogens with one attached hydrogen (secondary N) is 1. The van der Waals surface area contributed by atoms with Crippen molar-refractivity contribution in [2.45, 2.75) is 58.2 Å². The number of imidazole rings is 1. The summed E-state index contributed by atoms with van der Waals surface area (Å²) in [5.41, 5.74) is 3.08. The summed E-state index contributed by atoms with van der Waals surface area (Å²) in [6.07, 6.45) is 7.64. The van der Waals surface area contributed by atoms with E-state index in [4.69, 9.17) is 0 Å². The maximum Gasteiger partial charge on any atom is 0.220 e. The lowest BCUT2D eigenvalue weighted by atomic mass is 10.1. The van der Waals surface area contributed by atoms with Crippen LogP contribution in [0.1, 0.15) is 36.2 Å². The number of pyridine rings is 1. The van der Waals surface area contributed by atoms with Crippen molar-refractivity contribution in [2.24, 2.45) is 5.92 Å². The number of aliphatic hydroxyl groups excluding tert-OH is 1. The minimum Gasteiger partial charge on any atom is -0.391 e. The SMILES string of the molecule is Cc1cc(CCC(=O)N[C@@H]2CC(Cn3ccnc3)C[C@H]2O)cc(C)n1. The Kier molecular flexibility index (Phi) is 5.48. The molecule has 6 nitrogen and oxygen atoms in total. The number of amides is 1. The monoisotopic (exact) mass is 342 g/mol. The van der Waals surface area contributed by atoms with E-state index >= 15 is 0 Å². The first kappa shape index (κ1) is 17.6. The molecule has 0 spiro atoms. The summed E-state index contributed by atoms with van der Waals surface area (Å²) in [4.78, 5) is 20.7. The molecule has 1 aliphatic rings. The van der Waals surface area contributed by atoms with Crippen molar-refractivity contribution in [3.05, 3.63) is 47.8 Å². The molecule has 25 heavy (non-hydrogen) atoms. The number of hydrogen-bond donors (Lipinski definition) is 2. The third-order valence-electron chi connectivity index (χ3n) is 4.78. The van der Waals surface area contributed by atoms with Crippen LogP contribution in [0.3, 0.4) is 0 Å². The number of hydrogen-bond acceptors (Lipinski definition) is 4. The van der Waals surface area contributed by atoms with Gasteiger partial charge in [0.2, 0.25) is 5.91 Å². The van der Waals surface area contributed by atoms with Crippen molar-refractivity contribution < 1.29 is 9.90 Å². The van der Waals surface area contributed by atoms with Crippen LogP contribution < -0.4 is 5.32 Å². The van der Waals surface area contributed by atoms with Crippen LogP contribution in [0.15, 0.2) is 30.9 Å².